The maximum Gasteiger partial charge on any atom is 0.132 e. The van der Waals surface area contributed by atoms with E-state index >= 15 is 0 Å². The van der Waals surface area contributed by atoms with Gasteiger partial charge in [0.1, 0.15) is 10.7 Å². The Hall–Kier alpha value is -0.720. The monoisotopic (exact) mass is 256 g/mol. The van der Waals surface area contributed by atoms with Gasteiger partial charge in [-0.2, -0.15) is 0 Å². The van der Waals surface area contributed by atoms with E-state index in [9.17, 15) is 0 Å². The Morgan fingerprint density at radius 1 is 1.59 bits per heavy atom. The van der Waals surface area contributed by atoms with Gasteiger partial charge in [0.15, 0.2) is 0 Å². The molecule has 1 atom stereocenters. The molecule has 6 heteroatoms. The molecule has 1 aromatic rings. The van der Waals surface area contributed by atoms with Crippen LogP contribution in [0.3, 0.4) is 0 Å². The molecule has 1 saturated heterocycles. The summed E-state index contributed by atoms with van der Waals surface area (Å²) >= 11 is 1.27. The lowest BCUT2D eigenvalue weighted by Crippen LogP contribution is -2.39. The number of likely N-dealkylation sites (tertiary alicyclic amines) is 1. The van der Waals surface area contributed by atoms with Gasteiger partial charge in [0.2, 0.25) is 0 Å². The van der Waals surface area contributed by atoms with Gasteiger partial charge < -0.3 is 10.5 Å². The quantitative estimate of drug-likeness (QED) is 0.865. The molecule has 1 aliphatic rings. The zero-order valence-electron chi connectivity index (χ0n) is 10.3. The summed E-state index contributed by atoms with van der Waals surface area (Å²) in [5.74, 6) is 0. The van der Waals surface area contributed by atoms with Crippen LogP contribution in [0.1, 0.15) is 31.9 Å². The third-order valence-electron chi connectivity index (χ3n) is 2.98. The van der Waals surface area contributed by atoms with Crippen LogP contribution in [0.2, 0.25) is 0 Å². The van der Waals surface area contributed by atoms with Gasteiger partial charge in [-0.1, -0.05) is 11.4 Å². The van der Waals surface area contributed by atoms with E-state index in [2.05, 4.69) is 21.4 Å². The number of nitrogen functional groups attached to an aromatic ring is 1. The summed E-state index contributed by atoms with van der Waals surface area (Å²) in [6.07, 6.45) is 3.81. The molecule has 0 saturated carbocycles. The Labute approximate surface area is 106 Å². The molecule has 17 heavy (non-hydrogen) atoms. The number of nitrogens with two attached hydrogens (primary N) is 1. The Morgan fingerprint density at radius 3 is 3.18 bits per heavy atom. The van der Waals surface area contributed by atoms with Gasteiger partial charge in [0.05, 0.1) is 6.10 Å². The molecule has 0 aliphatic carbocycles. The molecule has 0 radical (unpaired) electrons. The maximum atomic E-state index is 5.81. The van der Waals surface area contributed by atoms with Gasteiger partial charge in [-0.25, -0.2) is 0 Å². The first-order chi connectivity index (χ1) is 8.29. The van der Waals surface area contributed by atoms with Crippen molar-refractivity contribution < 1.29 is 4.74 Å². The highest BCUT2D eigenvalue weighted by Crippen LogP contribution is 2.19. The summed E-state index contributed by atoms with van der Waals surface area (Å²) in [7, 11) is 0. The van der Waals surface area contributed by atoms with E-state index in [0.29, 0.717) is 6.10 Å². The van der Waals surface area contributed by atoms with E-state index in [0.717, 1.165) is 43.4 Å². The second-order valence-corrected chi connectivity index (χ2v) is 5.24. The number of aromatic nitrogens is 2. The number of nitrogens with zero attached hydrogens (tertiary/aromatic N) is 3. The number of piperidine rings is 1. The van der Waals surface area contributed by atoms with Crippen LogP contribution in [-0.4, -0.2) is 40.3 Å². The van der Waals surface area contributed by atoms with Crippen molar-refractivity contribution in [2.45, 2.75) is 38.8 Å². The van der Waals surface area contributed by atoms with Crippen molar-refractivity contribution in [2.75, 3.05) is 25.4 Å². The van der Waals surface area contributed by atoms with Gasteiger partial charge in [0, 0.05) is 31.2 Å². The molecule has 96 valence electrons. The minimum atomic E-state index is 0.372. The Bertz CT molecular complexity index is 344. The Kier molecular flexibility index (Phi) is 4.70. The van der Waals surface area contributed by atoms with E-state index in [-0.39, 0.29) is 0 Å². The first-order valence-electron chi connectivity index (χ1n) is 6.20. The first-order valence-corrected chi connectivity index (χ1v) is 6.97. The van der Waals surface area contributed by atoms with E-state index in [4.69, 9.17) is 10.5 Å². The molecular formula is C11H20N4OS. The summed E-state index contributed by atoms with van der Waals surface area (Å²) in [4.78, 5) is 2.36. The van der Waals surface area contributed by atoms with Gasteiger partial charge in [-0.05, 0) is 25.8 Å². The predicted octanol–water partition coefficient (Wildman–Crippen LogP) is 1.51. The zero-order valence-corrected chi connectivity index (χ0v) is 11.1. The molecule has 0 amide bonds. The van der Waals surface area contributed by atoms with Crippen molar-refractivity contribution in [1.82, 2.24) is 14.5 Å². The molecule has 1 fully saturated rings. The van der Waals surface area contributed by atoms with E-state index in [1.54, 1.807) is 0 Å². The van der Waals surface area contributed by atoms with Crippen molar-refractivity contribution in [3.63, 3.8) is 0 Å². The fourth-order valence-electron chi connectivity index (χ4n) is 2.11. The highest BCUT2D eigenvalue weighted by Gasteiger charge is 2.21. The number of ether oxygens (including phenoxy) is 1. The lowest BCUT2D eigenvalue weighted by Gasteiger charge is -2.32. The summed E-state index contributed by atoms with van der Waals surface area (Å²) in [6, 6.07) is 0. The van der Waals surface area contributed by atoms with Crippen molar-refractivity contribution in [1.29, 1.82) is 0 Å². The Morgan fingerprint density at radius 2 is 2.47 bits per heavy atom. The van der Waals surface area contributed by atoms with Crippen molar-refractivity contribution in [3.05, 3.63) is 5.69 Å². The molecule has 1 aromatic heterocycles. The minimum absolute atomic E-state index is 0.372. The van der Waals surface area contributed by atoms with Crippen LogP contribution < -0.4 is 5.73 Å². The molecule has 0 spiro atoms. The minimum Gasteiger partial charge on any atom is -0.388 e. The summed E-state index contributed by atoms with van der Waals surface area (Å²) < 4.78 is 9.67. The number of anilines is 1. The lowest BCUT2D eigenvalue weighted by atomic mass is 10.1. The highest BCUT2D eigenvalue weighted by molar-refractivity contribution is 7.09. The van der Waals surface area contributed by atoms with Gasteiger partial charge in [0.25, 0.3) is 0 Å². The molecule has 5 nitrogen and oxygen atoms in total. The fourth-order valence-corrected chi connectivity index (χ4v) is 2.55. The molecule has 2 rings (SSSR count). The van der Waals surface area contributed by atoms with Crippen LogP contribution in [0.5, 0.6) is 0 Å². The SMILES string of the molecule is CCCOC1CCCN(Cc2nnsc2N)C1. The number of rotatable bonds is 5. The molecule has 2 heterocycles. The largest absolute Gasteiger partial charge is 0.388 e. The zero-order chi connectivity index (χ0) is 12.1. The van der Waals surface area contributed by atoms with Crippen LogP contribution in [0, 0.1) is 0 Å². The topological polar surface area (TPSA) is 64.3 Å². The molecule has 0 aromatic carbocycles. The molecular weight excluding hydrogens is 236 g/mol. The lowest BCUT2D eigenvalue weighted by molar-refractivity contribution is -0.00247. The highest BCUT2D eigenvalue weighted by atomic mass is 32.1. The van der Waals surface area contributed by atoms with Crippen LogP contribution in [0.15, 0.2) is 0 Å². The third-order valence-corrected chi connectivity index (χ3v) is 3.57. The standard InChI is InChI=1S/C11H20N4OS/c1-2-6-16-9-4-3-5-15(7-9)8-10-11(12)17-14-13-10/h9H,2-8,12H2,1H3. The number of hydrogen-bond acceptors (Lipinski definition) is 6. The van der Waals surface area contributed by atoms with Crippen LogP contribution >= 0.6 is 11.5 Å². The third kappa shape index (κ3) is 3.62. The van der Waals surface area contributed by atoms with Gasteiger partial charge in [-0.3, -0.25) is 4.90 Å². The molecule has 0 bridgehead atoms. The second-order valence-electron chi connectivity index (χ2n) is 4.45. The normalized spacial score (nSPS) is 21.8. The summed E-state index contributed by atoms with van der Waals surface area (Å²) in [5, 5.41) is 4.80. The molecule has 2 N–H and O–H groups in total. The van der Waals surface area contributed by atoms with Crippen molar-refractivity contribution in [3.8, 4) is 0 Å². The summed E-state index contributed by atoms with van der Waals surface area (Å²) in [6.45, 7) is 5.88. The molecule has 1 aliphatic heterocycles. The first kappa shape index (κ1) is 12.7. The van der Waals surface area contributed by atoms with E-state index in [1.807, 2.05) is 0 Å². The van der Waals surface area contributed by atoms with Crippen LogP contribution in [-0.2, 0) is 11.3 Å². The van der Waals surface area contributed by atoms with Crippen LogP contribution in [0.4, 0.5) is 5.00 Å². The number of hydrogen-bond donors (Lipinski definition) is 1. The average molecular weight is 256 g/mol. The van der Waals surface area contributed by atoms with E-state index < -0.39 is 0 Å². The smallest absolute Gasteiger partial charge is 0.132 e. The van der Waals surface area contributed by atoms with Crippen molar-refractivity contribution >= 4 is 16.5 Å². The predicted molar refractivity (Wildman–Crippen MR) is 68.9 cm³/mol. The van der Waals surface area contributed by atoms with E-state index in [1.165, 1.54) is 24.4 Å². The van der Waals surface area contributed by atoms with Gasteiger partial charge >= 0.3 is 0 Å². The van der Waals surface area contributed by atoms with Gasteiger partial charge in [-0.15, -0.1) is 5.10 Å². The summed E-state index contributed by atoms with van der Waals surface area (Å²) in [5.41, 5.74) is 6.72. The average Bonchev–Trinajstić information content (AvgIpc) is 2.73. The second kappa shape index (κ2) is 6.28. The molecule has 1 unspecified atom stereocenters. The fraction of sp³-hybridized carbons (Fsp3) is 0.818. The van der Waals surface area contributed by atoms with Crippen LogP contribution in [0.25, 0.3) is 0 Å². The van der Waals surface area contributed by atoms with Crippen molar-refractivity contribution in [2.24, 2.45) is 0 Å². The Balaban J connectivity index is 1.83. The maximum absolute atomic E-state index is 5.81.